The third-order valence-electron chi connectivity index (χ3n) is 3.79. The van der Waals surface area contributed by atoms with Crippen molar-refractivity contribution in [2.24, 2.45) is 0 Å². The van der Waals surface area contributed by atoms with E-state index in [2.05, 4.69) is 4.72 Å². The minimum atomic E-state index is -3.51. The van der Waals surface area contributed by atoms with Crippen molar-refractivity contribution in [3.05, 3.63) is 23.8 Å². The zero-order valence-corrected chi connectivity index (χ0v) is 13.0. The Morgan fingerprint density at radius 3 is 2.40 bits per heavy atom. The Morgan fingerprint density at radius 2 is 1.80 bits per heavy atom. The van der Waals surface area contributed by atoms with Crippen LogP contribution in [0.15, 0.2) is 23.1 Å². The zero-order chi connectivity index (χ0) is 14.6. The topological polar surface area (TPSA) is 55.4 Å². The first-order valence-corrected chi connectivity index (χ1v) is 8.68. The highest BCUT2D eigenvalue weighted by Crippen LogP contribution is 2.26. The number of hydrogen-bond donors (Lipinski definition) is 1. The Hall–Kier alpha value is -1.07. The number of benzene rings is 1. The smallest absolute Gasteiger partial charge is 0.244 e. The number of nitrogens with one attached hydrogen (secondary N) is 1. The Kier molecular flexibility index (Phi) is 5.05. The van der Waals surface area contributed by atoms with Crippen molar-refractivity contribution in [1.82, 2.24) is 4.72 Å². The van der Waals surface area contributed by atoms with E-state index < -0.39 is 10.0 Å². The molecule has 1 fully saturated rings. The third kappa shape index (κ3) is 3.73. The van der Waals surface area contributed by atoms with Gasteiger partial charge in [-0.1, -0.05) is 31.7 Å². The molecule has 0 bridgehead atoms. The molecule has 1 aromatic rings. The summed E-state index contributed by atoms with van der Waals surface area (Å²) in [6.07, 6.45) is 6.44. The lowest BCUT2D eigenvalue weighted by molar-refractivity contribution is 0.401. The highest BCUT2D eigenvalue weighted by atomic mass is 32.2. The van der Waals surface area contributed by atoms with Gasteiger partial charge in [0.2, 0.25) is 10.0 Å². The van der Waals surface area contributed by atoms with Gasteiger partial charge in [-0.25, -0.2) is 13.1 Å². The zero-order valence-electron chi connectivity index (χ0n) is 12.2. The lowest BCUT2D eigenvalue weighted by Gasteiger charge is -2.18. The van der Waals surface area contributed by atoms with Crippen LogP contribution in [-0.4, -0.2) is 21.6 Å². The van der Waals surface area contributed by atoms with Crippen LogP contribution in [0.4, 0.5) is 0 Å². The highest BCUT2D eigenvalue weighted by molar-refractivity contribution is 7.89. The van der Waals surface area contributed by atoms with Crippen molar-refractivity contribution < 1.29 is 13.2 Å². The Labute approximate surface area is 121 Å². The van der Waals surface area contributed by atoms with Gasteiger partial charge < -0.3 is 4.74 Å². The van der Waals surface area contributed by atoms with Gasteiger partial charge in [-0.2, -0.15) is 0 Å². The summed E-state index contributed by atoms with van der Waals surface area (Å²) < 4.78 is 33.1. The van der Waals surface area contributed by atoms with Gasteiger partial charge in [-0.05, 0) is 37.5 Å². The monoisotopic (exact) mass is 297 g/mol. The first kappa shape index (κ1) is 15.3. The number of rotatable bonds is 4. The summed E-state index contributed by atoms with van der Waals surface area (Å²) in [4.78, 5) is 0.231. The average molecular weight is 297 g/mol. The predicted molar refractivity (Wildman–Crippen MR) is 79.5 cm³/mol. The van der Waals surface area contributed by atoms with E-state index in [4.69, 9.17) is 4.74 Å². The summed E-state index contributed by atoms with van der Waals surface area (Å²) in [6, 6.07) is 5.22. The fourth-order valence-electron chi connectivity index (χ4n) is 2.68. The maximum absolute atomic E-state index is 12.5. The summed E-state index contributed by atoms with van der Waals surface area (Å²) in [7, 11) is -2.01. The van der Waals surface area contributed by atoms with Gasteiger partial charge in [0, 0.05) is 6.04 Å². The van der Waals surface area contributed by atoms with E-state index in [9.17, 15) is 8.42 Å². The molecule has 5 heteroatoms. The van der Waals surface area contributed by atoms with E-state index in [1.165, 1.54) is 20.0 Å². The van der Waals surface area contributed by atoms with Gasteiger partial charge in [-0.3, -0.25) is 0 Å². The molecular weight excluding hydrogens is 274 g/mol. The van der Waals surface area contributed by atoms with Crippen LogP contribution in [0.1, 0.15) is 44.1 Å². The predicted octanol–water partition coefficient (Wildman–Crippen LogP) is 3.00. The first-order valence-electron chi connectivity index (χ1n) is 7.20. The van der Waals surface area contributed by atoms with E-state index in [1.54, 1.807) is 18.2 Å². The van der Waals surface area contributed by atoms with Crippen molar-refractivity contribution in [1.29, 1.82) is 0 Å². The molecule has 0 unspecified atom stereocenters. The van der Waals surface area contributed by atoms with Gasteiger partial charge in [0.05, 0.1) is 7.11 Å². The van der Waals surface area contributed by atoms with Gasteiger partial charge in [-0.15, -0.1) is 0 Å². The molecule has 1 aromatic carbocycles. The molecular formula is C15H23NO3S. The molecule has 112 valence electrons. The summed E-state index contributed by atoms with van der Waals surface area (Å²) in [6.45, 7) is 1.91. The van der Waals surface area contributed by atoms with Gasteiger partial charge in [0.25, 0.3) is 0 Å². The summed E-state index contributed by atoms with van der Waals surface area (Å²) >= 11 is 0. The fraction of sp³-hybridized carbons (Fsp3) is 0.600. The maximum Gasteiger partial charge on any atom is 0.244 e. The molecule has 4 nitrogen and oxygen atoms in total. The lowest BCUT2D eigenvalue weighted by atomic mass is 10.1. The van der Waals surface area contributed by atoms with Gasteiger partial charge in [0.1, 0.15) is 10.6 Å². The quantitative estimate of drug-likeness (QED) is 0.869. The lowest BCUT2D eigenvalue weighted by Crippen LogP contribution is -2.34. The third-order valence-corrected chi connectivity index (χ3v) is 5.35. The van der Waals surface area contributed by atoms with Gasteiger partial charge in [0.15, 0.2) is 0 Å². The number of aryl methyl sites for hydroxylation is 1. The average Bonchev–Trinajstić information content (AvgIpc) is 2.66. The molecule has 1 saturated carbocycles. The van der Waals surface area contributed by atoms with Crippen LogP contribution in [0.5, 0.6) is 5.75 Å². The highest BCUT2D eigenvalue weighted by Gasteiger charge is 2.24. The van der Waals surface area contributed by atoms with E-state index in [0.29, 0.717) is 5.75 Å². The van der Waals surface area contributed by atoms with Crippen LogP contribution in [0.3, 0.4) is 0 Å². The minimum absolute atomic E-state index is 0.0495. The normalized spacial score (nSPS) is 17.7. The summed E-state index contributed by atoms with van der Waals surface area (Å²) in [5.74, 6) is 0.408. The van der Waals surface area contributed by atoms with Crippen molar-refractivity contribution in [2.45, 2.75) is 56.4 Å². The Morgan fingerprint density at radius 1 is 1.15 bits per heavy atom. The molecule has 1 aliphatic carbocycles. The Bertz CT molecular complexity index is 546. The molecule has 0 saturated heterocycles. The van der Waals surface area contributed by atoms with E-state index in [1.807, 2.05) is 6.92 Å². The van der Waals surface area contributed by atoms with E-state index in [-0.39, 0.29) is 10.9 Å². The second-order valence-electron chi connectivity index (χ2n) is 5.46. The molecule has 1 N–H and O–H groups in total. The maximum atomic E-state index is 12.5. The molecule has 0 amide bonds. The van der Waals surface area contributed by atoms with Crippen molar-refractivity contribution in [3.8, 4) is 5.75 Å². The number of methoxy groups -OCH3 is 1. The molecule has 0 atom stereocenters. The van der Waals surface area contributed by atoms with Crippen LogP contribution >= 0.6 is 0 Å². The summed E-state index contributed by atoms with van der Waals surface area (Å²) in [5.41, 5.74) is 0.982. The second-order valence-corrected chi connectivity index (χ2v) is 7.15. The largest absolute Gasteiger partial charge is 0.495 e. The number of ether oxygens (including phenoxy) is 1. The van der Waals surface area contributed by atoms with Crippen LogP contribution in [0, 0.1) is 6.92 Å². The van der Waals surface area contributed by atoms with Gasteiger partial charge >= 0.3 is 0 Å². The van der Waals surface area contributed by atoms with Crippen LogP contribution in [0.2, 0.25) is 0 Å². The van der Waals surface area contributed by atoms with Crippen LogP contribution < -0.4 is 9.46 Å². The van der Waals surface area contributed by atoms with Crippen LogP contribution in [-0.2, 0) is 10.0 Å². The molecule has 0 spiro atoms. The Balaban J connectivity index is 2.21. The molecule has 0 aliphatic heterocycles. The van der Waals surface area contributed by atoms with Crippen LogP contribution in [0.25, 0.3) is 0 Å². The molecule has 2 rings (SSSR count). The second kappa shape index (κ2) is 6.59. The fourth-order valence-corrected chi connectivity index (χ4v) is 4.13. The van der Waals surface area contributed by atoms with E-state index in [0.717, 1.165) is 31.2 Å². The van der Waals surface area contributed by atoms with Crippen molar-refractivity contribution in [2.75, 3.05) is 7.11 Å². The molecule has 0 radical (unpaired) electrons. The van der Waals surface area contributed by atoms with Crippen molar-refractivity contribution >= 4 is 10.0 Å². The molecule has 20 heavy (non-hydrogen) atoms. The standard InChI is InChI=1S/C15H23NO3S/c1-12-9-10-15(14(11-12)19-2)20(17,18)16-13-7-5-3-4-6-8-13/h9-11,13,16H,3-8H2,1-2H3. The molecule has 1 aliphatic rings. The van der Waals surface area contributed by atoms with E-state index >= 15 is 0 Å². The number of sulfonamides is 1. The first-order chi connectivity index (χ1) is 9.53. The van der Waals surface area contributed by atoms with Crippen molar-refractivity contribution in [3.63, 3.8) is 0 Å². The molecule has 0 aromatic heterocycles. The summed E-state index contributed by atoms with van der Waals surface area (Å²) in [5, 5.41) is 0. The molecule has 0 heterocycles. The minimum Gasteiger partial charge on any atom is -0.495 e. The number of hydrogen-bond acceptors (Lipinski definition) is 3. The SMILES string of the molecule is COc1cc(C)ccc1S(=O)(=O)NC1CCCCCC1.